The Morgan fingerprint density at radius 2 is 0.882 bits per heavy atom. The van der Waals surface area contributed by atoms with Crippen molar-refractivity contribution in [2.75, 3.05) is 0 Å². The molecule has 0 aliphatic heterocycles. The van der Waals surface area contributed by atoms with E-state index >= 15 is 0 Å². The molecule has 92 valence electrons. The average Bonchev–Trinajstić information content (AvgIpc) is 1.79. The van der Waals surface area contributed by atoms with Crippen molar-refractivity contribution >= 4 is 32.4 Å². The van der Waals surface area contributed by atoms with E-state index in [2.05, 4.69) is 0 Å². The maximum Gasteiger partial charge on any atom is 1.00 e. The second-order valence-electron chi connectivity index (χ2n) is 1.51. The van der Waals surface area contributed by atoms with E-state index in [1.165, 1.54) is 0 Å². The summed E-state index contributed by atoms with van der Waals surface area (Å²) in [6.45, 7) is 0. The minimum Gasteiger partial charge on any atom is -0.652 e. The molecule has 0 aliphatic carbocycles. The van der Waals surface area contributed by atoms with Gasteiger partial charge in [-0.1, -0.05) is 0 Å². The Morgan fingerprint density at radius 3 is 0.882 bits per heavy atom. The molecule has 2 N–H and O–H groups in total. The Bertz CT molecular complexity index is 479. The number of carboxylic acid groups (broad SMARTS) is 2. The van der Waals surface area contributed by atoms with Gasteiger partial charge in [0.2, 0.25) is 0 Å². The first-order valence-corrected chi connectivity index (χ1v) is 7.71. The van der Waals surface area contributed by atoms with Crippen LogP contribution in [0.3, 0.4) is 0 Å². The van der Waals surface area contributed by atoms with E-state index < -0.39 is 32.4 Å². The van der Waals surface area contributed by atoms with Gasteiger partial charge in [0, 0.05) is 0 Å². The van der Waals surface area contributed by atoms with Crippen LogP contribution in [0.4, 0.5) is 4.79 Å². The zero-order valence-corrected chi connectivity index (χ0v) is 14.7. The molecule has 0 bridgehead atoms. The summed E-state index contributed by atoms with van der Waals surface area (Å²) in [6, 6.07) is 0. The summed E-state index contributed by atoms with van der Waals surface area (Å²) < 4.78 is 74.4. The normalized spacial score (nSPS) is 10.9. The predicted octanol–water partition coefficient (Wildman–Crippen LogP) is -10.4. The van der Waals surface area contributed by atoms with Crippen LogP contribution in [0.5, 0.6) is 0 Å². The van der Waals surface area contributed by atoms with Gasteiger partial charge in [0.05, 0.1) is 0 Å². The van der Waals surface area contributed by atoms with Gasteiger partial charge in [0.1, 0.15) is 0 Å². The molecule has 0 saturated heterocycles. The first-order valence-electron chi connectivity index (χ1n) is 2.31. The minimum atomic E-state index is -5.96. The van der Waals surface area contributed by atoms with Crippen molar-refractivity contribution < 1.29 is 108 Å². The van der Waals surface area contributed by atoms with E-state index in [4.69, 9.17) is 24.1 Å². The van der Waals surface area contributed by atoms with Crippen LogP contribution in [0.2, 0.25) is 0 Å². The van der Waals surface area contributed by atoms with Crippen LogP contribution < -0.4 is 69.3 Å². The third-order valence-corrected chi connectivity index (χ3v) is 7.74. The van der Waals surface area contributed by atoms with Gasteiger partial charge in [0.15, 0.2) is 0 Å². The molecule has 0 radical (unpaired) electrons. The summed E-state index contributed by atoms with van der Waals surface area (Å²) in [5, 5.41) is 16.7. The van der Waals surface area contributed by atoms with Gasteiger partial charge in [-0.3, -0.25) is 9.11 Å². The second-order valence-corrected chi connectivity index (χ2v) is 9.83. The van der Waals surface area contributed by atoms with Crippen LogP contribution in [0.25, 0.3) is 0 Å². The standard InChI is InChI=1S/CH2O3.2Na.H2O8S3/c2-1(3)4;;;1-9(2,3)11(7,8)10(4,5)6/h(H2,2,3,4);;;(H,1,2,3)(H,4,5,6)/q;2*+1;/p-2. The molecular formula is CH2Na2O11S3. The van der Waals surface area contributed by atoms with E-state index in [0.717, 1.165) is 0 Å². The Morgan fingerprint density at radius 1 is 0.765 bits per heavy atom. The zero-order valence-electron chi connectivity index (χ0n) is 8.29. The van der Waals surface area contributed by atoms with Crippen LogP contribution in [0.15, 0.2) is 0 Å². The van der Waals surface area contributed by atoms with Gasteiger partial charge in [-0.05, 0) is 6.16 Å². The van der Waals surface area contributed by atoms with Gasteiger partial charge in [0.25, 0.3) is 0 Å². The molecule has 0 unspecified atom stereocenters. The SMILES string of the molecule is O=C([O-])[O-].O=S(=O)(O)S(=O)(=O)S(=O)(=O)O.[Na+].[Na+]. The van der Waals surface area contributed by atoms with Crippen molar-refractivity contribution in [1.29, 1.82) is 0 Å². The number of hydrogen-bond acceptors (Lipinski definition) is 9. The predicted molar refractivity (Wildman–Crippen MR) is 37.4 cm³/mol. The summed E-state index contributed by atoms with van der Waals surface area (Å²) in [5.41, 5.74) is 0. The van der Waals surface area contributed by atoms with Crippen LogP contribution in [0, 0.1) is 0 Å². The molecule has 0 aliphatic rings. The van der Waals surface area contributed by atoms with E-state index in [-0.39, 0.29) is 59.1 Å². The molecule has 0 heterocycles. The zero-order chi connectivity index (χ0) is 13.1. The van der Waals surface area contributed by atoms with Gasteiger partial charge < -0.3 is 15.0 Å². The van der Waals surface area contributed by atoms with E-state index in [9.17, 15) is 25.3 Å². The maximum atomic E-state index is 10.00. The third-order valence-electron chi connectivity index (χ3n) is 0.516. The van der Waals surface area contributed by atoms with Crippen LogP contribution in [0.1, 0.15) is 0 Å². The molecule has 0 aromatic carbocycles. The fraction of sp³-hybridized carbons (Fsp3) is 0. The van der Waals surface area contributed by atoms with Crippen molar-refractivity contribution in [3.8, 4) is 0 Å². The smallest absolute Gasteiger partial charge is 0.652 e. The molecule has 0 amide bonds. The van der Waals surface area contributed by atoms with Crippen molar-refractivity contribution in [2.24, 2.45) is 0 Å². The molecule has 0 spiro atoms. The molecule has 0 aromatic heterocycles. The van der Waals surface area contributed by atoms with Crippen LogP contribution >= 0.6 is 0 Å². The summed E-state index contributed by atoms with van der Waals surface area (Å²) in [4.78, 5) is 8.33. The molecule has 11 nitrogen and oxygen atoms in total. The first-order chi connectivity index (χ1) is 6.23. The van der Waals surface area contributed by atoms with E-state index in [1.54, 1.807) is 0 Å². The van der Waals surface area contributed by atoms with E-state index in [0.29, 0.717) is 0 Å². The molecule has 0 fully saturated rings. The summed E-state index contributed by atoms with van der Waals surface area (Å²) in [7, 11) is -17.6. The largest absolute Gasteiger partial charge is 1.00 e. The van der Waals surface area contributed by atoms with Crippen molar-refractivity contribution in [3.05, 3.63) is 0 Å². The average molecular weight is 332 g/mol. The fourth-order valence-electron chi connectivity index (χ4n) is 0.109. The molecular weight excluding hydrogens is 330 g/mol. The van der Waals surface area contributed by atoms with Crippen molar-refractivity contribution in [3.63, 3.8) is 0 Å². The number of carbonyl (C=O) groups excluding carboxylic acids is 1. The molecule has 16 heteroatoms. The van der Waals surface area contributed by atoms with Crippen molar-refractivity contribution in [1.82, 2.24) is 0 Å². The minimum absolute atomic E-state index is 0. The van der Waals surface area contributed by atoms with Gasteiger partial charge in [-0.25, -0.2) is 0 Å². The quantitative estimate of drug-likeness (QED) is 0.275. The Labute approximate surface area is 139 Å². The topological polar surface area (TPSA) is 206 Å². The van der Waals surface area contributed by atoms with Gasteiger partial charge >= 0.3 is 85.3 Å². The summed E-state index contributed by atoms with van der Waals surface area (Å²) in [5.74, 6) is 0. The molecule has 0 atom stereocenters. The molecule has 0 saturated carbocycles. The van der Waals surface area contributed by atoms with Crippen LogP contribution in [-0.2, 0) is 26.2 Å². The first kappa shape index (κ1) is 26.6. The Hall–Kier alpha value is 1.04. The van der Waals surface area contributed by atoms with Crippen LogP contribution in [-0.4, -0.2) is 40.5 Å². The maximum absolute atomic E-state index is 10.00. The monoisotopic (exact) mass is 332 g/mol. The van der Waals surface area contributed by atoms with Gasteiger partial charge in [-0.2, -0.15) is 25.3 Å². The van der Waals surface area contributed by atoms with Crippen molar-refractivity contribution in [2.45, 2.75) is 0 Å². The Balaban J connectivity index is -0.000000123. The number of hydrogen-bond donors (Lipinski definition) is 2. The molecule has 0 rings (SSSR count). The Kier molecular flexibility index (Phi) is 14.1. The van der Waals surface area contributed by atoms with Gasteiger partial charge in [-0.15, -0.1) is 0 Å². The fourth-order valence-corrected chi connectivity index (χ4v) is 2.93. The summed E-state index contributed by atoms with van der Waals surface area (Å²) >= 11 is 0. The molecule has 0 aromatic rings. The third kappa shape index (κ3) is 10.6. The number of carbonyl (C=O) groups is 1. The second kappa shape index (κ2) is 9.03. The number of rotatable bonds is 2. The molecule has 17 heavy (non-hydrogen) atoms. The van der Waals surface area contributed by atoms with E-state index in [1.807, 2.05) is 0 Å². The summed E-state index contributed by atoms with van der Waals surface area (Å²) in [6.07, 6.45) is -2.33.